The van der Waals surface area contributed by atoms with Crippen LogP contribution >= 0.6 is 0 Å². The first-order valence-electron chi connectivity index (χ1n) is 14.5. The summed E-state index contributed by atoms with van der Waals surface area (Å²) in [4.78, 5) is 7.68. The molecular formula is C36H46N4. The number of nitriles is 1. The van der Waals surface area contributed by atoms with E-state index in [4.69, 9.17) is 4.99 Å². The number of benzene rings is 2. The molecule has 1 aliphatic heterocycles. The largest absolute Gasteiger partial charge is 0.284 e. The number of nitrogens with zero attached hydrogens (tertiary/aromatic N) is 3. The predicted octanol–water partition coefficient (Wildman–Crippen LogP) is 9.12. The number of aryl methyl sites for hydroxylation is 1. The summed E-state index contributed by atoms with van der Waals surface area (Å²) in [6.45, 7) is 23.6. The summed E-state index contributed by atoms with van der Waals surface area (Å²) in [5.41, 5.74) is 6.19. The highest BCUT2D eigenvalue weighted by Crippen LogP contribution is 2.48. The topological polar surface area (TPSA) is 63.2 Å². The standard InChI is InChI=1S/C36H46N4/c1-11-27(23-37)22-30(24(4)5)32(25(6)7)40(33(38)28-19-15-14-18-26(28)8)34-29-20-16-17-21-31(29)35(9,12-2)36(10,13-3)39-34/h11,14-22,24-25,38H,1,12-13H2,2-10H3/b27-22+,32-30-,38-33?/t35?,36-/m1/s1. The van der Waals surface area contributed by atoms with Crippen molar-refractivity contribution < 1.29 is 0 Å². The van der Waals surface area contributed by atoms with Gasteiger partial charge < -0.3 is 0 Å². The fourth-order valence-electron chi connectivity index (χ4n) is 5.94. The third kappa shape index (κ3) is 5.35. The molecule has 4 nitrogen and oxygen atoms in total. The van der Waals surface area contributed by atoms with E-state index in [1.165, 1.54) is 5.56 Å². The zero-order valence-electron chi connectivity index (χ0n) is 25.9. The van der Waals surface area contributed by atoms with E-state index in [0.717, 1.165) is 46.6 Å². The number of amidine groups is 2. The van der Waals surface area contributed by atoms with Crippen molar-refractivity contribution in [3.8, 4) is 6.07 Å². The molecular weight excluding hydrogens is 488 g/mol. The van der Waals surface area contributed by atoms with Gasteiger partial charge in [0, 0.05) is 22.2 Å². The molecule has 0 bridgehead atoms. The zero-order chi connectivity index (χ0) is 29.8. The van der Waals surface area contributed by atoms with Gasteiger partial charge >= 0.3 is 0 Å². The highest BCUT2D eigenvalue weighted by molar-refractivity contribution is 6.16. The van der Waals surface area contributed by atoms with Crippen LogP contribution in [0.25, 0.3) is 0 Å². The molecule has 4 heteroatoms. The second-order valence-corrected chi connectivity index (χ2v) is 11.9. The van der Waals surface area contributed by atoms with E-state index in [1.807, 2.05) is 24.3 Å². The smallest absolute Gasteiger partial charge is 0.141 e. The Hall–Kier alpha value is -3.71. The predicted molar refractivity (Wildman–Crippen MR) is 170 cm³/mol. The van der Waals surface area contributed by atoms with Gasteiger partial charge in [-0.1, -0.05) is 110 Å². The first kappa shape index (κ1) is 30.8. The first-order valence-corrected chi connectivity index (χ1v) is 14.5. The van der Waals surface area contributed by atoms with Crippen LogP contribution in [-0.4, -0.2) is 22.1 Å². The van der Waals surface area contributed by atoms with Crippen LogP contribution in [-0.2, 0) is 5.41 Å². The summed E-state index contributed by atoms with van der Waals surface area (Å²) >= 11 is 0. The van der Waals surface area contributed by atoms with Gasteiger partial charge in [-0.25, -0.2) is 0 Å². The molecule has 2 aromatic rings. The van der Waals surface area contributed by atoms with E-state index >= 15 is 0 Å². The van der Waals surface area contributed by atoms with Crippen LogP contribution in [0.3, 0.4) is 0 Å². The lowest BCUT2D eigenvalue weighted by Gasteiger charge is -2.49. The van der Waals surface area contributed by atoms with Crippen LogP contribution < -0.4 is 0 Å². The van der Waals surface area contributed by atoms with Crippen molar-refractivity contribution in [2.75, 3.05) is 0 Å². The average Bonchev–Trinajstić information content (AvgIpc) is 2.94. The monoisotopic (exact) mass is 534 g/mol. The van der Waals surface area contributed by atoms with Gasteiger partial charge in [0.05, 0.1) is 17.2 Å². The summed E-state index contributed by atoms with van der Waals surface area (Å²) < 4.78 is 0. The first-order chi connectivity index (χ1) is 18.9. The molecule has 0 aliphatic carbocycles. The van der Waals surface area contributed by atoms with E-state index in [-0.39, 0.29) is 22.8 Å². The Morgan fingerprint density at radius 1 is 1.02 bits per heavy atom. The molecule has 2 aromatic carbocycles. The lowest BCUT2D eigenvalue weighted by molar-refractivity contribution is 0.235. The van der Waals surface area contributed by atoms with E-state index in [0.29, 0.717) is 11.4 Å². The minimum atomic E-state index is -0.370. The zero-order valence-corrected chi connectivity index (χ0v) is 25.9. The molecule has 0 spiro atoms. The van der Waals surface area contributed by atoms with Crippen LogP contribution in [0.2, 0.25) is 0 Å². The number of hydrogen-bond acceptors (Lipinski definition) is 3. The molecule has 0 aromatic heterocycles. The van der Waals surface area contributed by atoms with Crippen molar-refractivity contribution >= 4 is 11.7 Å². The van der Waals surface area contributed by atoms with Gasteiger partial charge in [0.15, 0.2) is 0 Å². The number of nitrogens with one attached hydrogen (secondary N) is 1. The van der Waals surface area contributed by atoms with E-state index in [1.54, 1.807) is 6.08 Å². The van der Waals surface area contributed by atoms with E-state index in [9.17, 15) is 10.7 Å². The molecule has 40 heavy (non-hydrogen) atoms. The van der Waals surface area contributed by atoms with Crippen LogP contribution in [0, 0.1) is 35.5 Å². The van der Waals surface area contributed by atoms with Gasteiger partial charge in [-0.3, -0.25) is 15.3 Å². The van der Waals surface area contributed by atoms with Crippen molar-refractivity contribution in [1.82, 2.24) is 4.90 Å². The van der Waals surface area contributed by atoms with Gasteiger partial charge in [-0.2, -0.15) is 5.26 Å². The van der Waals surface area contributed by atoms with Gasteiger partial charge in [-0.05, 0) is 61.3 Å². The van der Waals surface area contributed by atoms with Gasteiger partial charge in [0.25, 0.3) is 0 Å². The number of allylic oxidation sites excluding steroid dienone is 5. The second-order valence-electron chi connectivity index (χ2n) is 11.9. The average molecular weight is 535 g/mol. The maximum absolute atomic E-state index is 9.81. The minimum absolute atomic E-state index is 0.0463. The Morgan fingerprint density at radius 3 is 2.17 bits per heavy atom. The van der Waals surface area contributed by atoms with Gasteiger partial charge in [0.1, 0.15) is 11.7 Å². The normalized spacial score (nSPS) is 21.4. The minimum Gasteiger partial charge on any atom is -0.284 e. The number of rotatable bonds is 8. The van der Waals surface area contributed by atoms with E-state index < -0.39 is 0 Å². The second kappa shape index (κ2) is 12.2. The summed E-state index contributed by atoms with van der Waals surface area (Å²) in [6, 6.07) is 18.9. The summed E-state index contributed by atoms with van der Waals surface area (Å²) in [7, 11) is 0. The van der Waals surface area contributed by atoms with Gasteiger partial charge in [-0.15, -0.1) is 0 Å². The molecule has 1 unspecified atom stereocenters. The molecule has 1 N–H and O–H groups in total. The SMILES string of the molecule is C=C/C(C#N)=C\C(=C(/C(C)C)N(C(=N)c1ccccc1C)C1=N[C@](C)(CC)C(C)(CC)c2ccccc21)C(C)C. The Morgan fingerprint density at radius 2 is 1.65 bits per heavy atom. The molecule has 0 saturated heterocycles. The maximum atomic E-state index is 9.81. The molecule has 1 heterocycles. The summed E-state index contributed by atoms with van der Waals surface area (Å²) in [5, 5.41) is 19.6. The molecule has 3 rings (SSSR count). The summed E-state index contributed by atoms with van der Waals surface area (Å²) in [5.74, 6) is 1.33. The Kier molecular flexibility index (Phi) is 9.41. The third-order valence-electron chi connectivity index (χ3n) is 8.90. The fourth-order valence-corrected chi connectivity index (χ4v) is 5.94. The number of fused-ring (bicyclic) bond motifs is 1. The quantitative estimate of drug-likeness (QED) is 0.159. The highest BCUT2D eigenvalue weighted by atomic mass is 15.3. The van der Waals surface area contributed by atoms with Crippen molar-refractivity contribution in [3.63, 3.8) is 0 Å². The number of aliphatic imine (C=N–C) groups is 1. The molecule has 0 fully saturated rings. The molecule has 0 radical (unpaired) electrons. The third-order valence-corrected chi connectivity index (χ3v) is 8.90. The lowest BCUT2D eigenvalue weighted by atomic mass is 9.62. The molecule has 2 atom stereocenters. The Balaban J connectivity index is 2.55. The molecule has 0 amide bonds. The van der Waals surface area contributed by atoms with Crippen molar-refractivity contribution in [3.05, 3.63) is 106 Å². The van der Waals surface area contributed by atoms with Crippen LogP contribution in [0.1, 0.15) is 90.5 Å². The molecule has 1 aliphatic rings. The fraction of sp³-hybridized carbons (Fsp3) is 0.417. The van der Waals surface area contributed by atoms with Crippen molar-refractivity contribution in [2.45, 2.75) is 86.1 Å². The van der Waals surface area contributed by atoms with Crippen LogP contribution in [0.5, 0.6) is 0 Å². The van der Waals surface area contributed by atoms with E-state index in [2.05, 4.69) is 110 Å². The van der Waals surface area contributed by atoms with Gasteiger partial charge in [0.2, 0.25) is 0 Å². The molecule has 0 saturated carbocycles. The summed E-state index contributed by atoms with van der Waals surface area (Å²) in [6.07, 6.45) is 5.37. The lowest BCUT2D eigenvalue weighted by Crippen LogP contribution is -2.53. The number of hydrogen-bond donors (Lipinski definition) is 1. The van der Waals surface area contributed by atoms with Crippen LogP contribution in [0.15, 0.2) is 89.1 Å². The Labute approximate surface area is 242 Å². The highest BCUT2D eigenvalue weighted by Gasteiger charge is 2.49. The van der Waals surface area contributed by atoms with Crippen LogP contribution in [0.4, 0.5) is 0 Å². The van der Waals surface area contributed by atoms with Crippen molar-refractivity contribution in [2.24, 2.45) is 16.8 Å². The molecule has 210 valence electrons. The maximum Gasteiger partial charge on any atom is 0.141 e. The van der Waals surface area contributed by atoms with Crippen molar-refractivity contribution in [1.29, 1.82) is 10.7 Å². The Bertz CT molecular complexity index is 1410.